The normalized spacial score (nSPS) is 19.5. The lowest BCUT2D eigenvalue weighted by Crippen LogP contribution is -2.51. The van der Waals surface area contributed by atoms with E-state index < -0.39 is 23.7 Å². The molecule has 0 radical (unpaired) electrons. The predicted molar refractivity (Wildman–Crippen MR) is 89.1 cm³/mol. The molecule has 1 fully saturated rings. The Labute approximate surface area is 145 Å². The van der Waals surface area contributed by atoms with Gasteiger partial charge < -0.3 is 0 Å². The van der Waals surface area contributed by atoms with Gasteiger partial charge in [0.05, 0.1) is 0 Å². The number of rotatable bonds is 2. The number of alkyl halides is 3. The molecule has 1 heterocycles. The van der Waals surface area contributed by atoms with Crippen LogP contribution in [0.5, 0.6) is 0 Å². The maximum absolute atomic E-state index is 14.0. The maximum atomic E-state index is 14.0. The first-order valence-electron chi connectivity index (χ1n) is 7.44. The van der Waals surface area contributed by atoms with Crippen LogP contribution in [0.15, 0.2) is 40.9 Å². The molecule has 3 rings (SSSR count). The second kappa shape index (κ2) is 5.74. The number of carbonyl (C=O) groups is 1. The van der Waals surface area contributed by atoms with Crippen LogP contribution in [0.4, 0.5) is 13.2 Å². The molecule has 1 aliphatic heterocycles. The van der Waals surface area contributed by atoms with Crippen LogP contribution >= 0.6 is 15.9 Å². The van der Waals surface area contributed by atoms with E-state index in [0.29, 0.717) is 10.8 Å². The van der Waals surface area contributed by atoms with Gasteiger partial charge in [0.2, 0.25) is 5.91 Å². The number of nitrogens with one attached hydrogen (secondary N) is 1. The summed E-state index contributed by atoms with van der Waals surface area (Å²) in [6.45, 7) is 3.26. The number of hydrogen-bond donors (Lipinski definition) is 1. The van der Waals surface area contributed by atoms with E-state index >= 15 is 0 Å². The quantitative estimate of drug-likeness (QED) is 0.790. The Morgan fingerprint density at radius 1 is 1.17 bits per heavy atom. The van der Waals surface area contributed by atoms with Crippen molar-refractivity contribution in [3.63, 3.8) is 0 Å². The largest absolute Gasteiger partial charge is 0.409 e. The summed E-state index contributed by atoms with van der Waals surface area (Å²) in [5, 5.41) is 2.24. The van der Waals surface area contributed by atoms with Crippen LogP contribution in [0, 0.1) is 0 Å². The van der Waals surface area contributed by atoms with Crippen LogP contribution < -0.4 is 5.43 Å². The molecular formula is C17H16BrF3N2O. The van der Waals surface area contributed by atoms with Gasteiger partial charge in [-0.2, -0.15) is 18.2 Å². The number of benzene rings is 2. The van der Waals surface area contributed by atoms with Crippen LogP contribution in [0.2, 0.25) is 0 Å². The van der Waals surface area contributed by atoms with Crippen molar-refractivity contribution in [3.05, 3.63) is 46.4 Å². The Bertz CT molecular complexity index is 804. The van der Waals surface area contributed by atoms with Crippen molar-refractivity contribution in [1.82, 2.24) is 10.4 Å². The van der Waals surface area contributed by atoms with Crippen molar-refractivity contribution in [2.24, 2.45) is 0 Å². The maximum Gasteiger partial charge on any atom is 0.409 e. The molecule has 0 aliphatic carbocycles. The third-order valence-corrected chi connectivity index (χ3v) is 4.95. The highest BCUT2D eigenvalue weighted by molar-refractivity contribution is 9.10. The zero-order valence-electron chi connectivity index (χ0n) is 13.1. The molecule has 128 valence electrons. The van der Waals surface area contributed by atoms with Gasteiger partial charge in [-0.15, -0.1) is 0 Å². The van der Waals surface area contributed by atoms with Crippen LogP contribution in [0.1, 0.15) is 31.9 Å². The molecular weight excluding hydrogens is 385 g/mol. The molecule has 0 saturated carbocycles. The fourth-order valence-electron chi connectivity index (χ4n) is 3.21. The van der Waals surface area contributed by atoms with Crippen molar-refractivity contribution >= 4 is 32.6 Å². The van der Waals surface area contributed by atoms with Crippen LogP contribution in [0.25, 0.3) is 10.8 Å². The molecule has 1 aliphatic rings. The first-order valence-corrected chi connectivity index (χ1v) is 8.23. The summed E-state index contributed by atoms with van der Waals surface area (Å²) in [6.07, 6.45) is -4.51. The summed E-state index contributed by atoms with van der Waals surface area (Å²) in [7, 11) is 0. The highest BCUT2D eigenvalue weighted by atomic mass is 79.9. The van der Waals surface area contributed by atoms with E-state index in [-0.39, 0.29) is 12.0 Å². The molecule has 2 aromatic carbocycles. The lowest BCUT2D eigenvalue weighted by Gasteiger charge is -2.38. The fraction of sp³-hybridized carbons (Fsp3) is 0.353. The summed E-state index contributed by atoms with van der Waals surface area (Å²) in [5.74, 6) is -0.407. The molecule has 0 spiro atoms. The number of carbonyl (C=O) groups excluding carboxylic acids is 1. The van der Waals surface area contributed by atoms with Gasteiger partial charge in [0, 0.05) is 16.4 Å². The Morgan fingerprint density at radius 3 is 2.38 bits per heavy atom. The highest BCUT2D eigenvalue weighted by Gasteiger charge is 2.53. The molecule has 1 atom stereocenters. The molecule has 2 aromatic rings. The van der Waals surface area contributed by atoms with Gasteiger partial charge in [-0.3, -0.25) is 10.2 Å². The Hall–Kier alpha value is -1.60. The van der Waals surface area contributed by atoms with Gasteiger partial charge in [0.15, 0.2) is 6.04 Å². The lowest BCUT2D eigenvalue weighted by molar-refractivity contribution is -0.203. The Kier molecular flexibility index (Phi) is 4.12. The second-order valence-corrected chi connectivity index (χ2v) is 7.37. The third kappa shape index (κ3) is 2.91. The monoisotopic (exact) mass is 400 g/mol. The highest BCUT2D eigenvalue weighted by Crippen LogP contribution is 2.45. The summed E-state index contributed by atoms with van der Waals surface area (Å²) in [5.41, 5.74) is 1.57. The van der Waals surface area contributed by atoms with E-state index in [9.17, 15) is 18.0 Å². The number of hydrogen-bond acceptors (Lipinski definition) is 2. The molecule has 0 aromatic heterocycles. The van der Waals surface area contributed by atoms with E-state index in [2.05, 4.69) is 21.4 Å². The minimum Gasteiger partial charge on any atom is -0.287 e. The molecule has 0 unspecified atom stereocenters. The van der Waals surface area contributed by atoms with Crippen molar-refractivity contribution in [3.8, 4) is 0 Å². The van der Waals surface area contributed by atoms with Gasteiger partial charge in [0.25, 0.3) is 0 Å². The smallest absolute Gasteiger partial charge is 0.287 e. The molecule has 1 N–H and O–H groups in total. The van der Waals surface area contributed by atoms with Crippen LogP contribution in [-0.4, -0.2) is 22.6 Å². The minimum atomic E-state index is -4.54. The minimum absolute atomic E-state index is 0.0219. The topological polar surface area (TPSA) is 32.3 Å². The van der Waals surface area contributed by atoms with Crippen molar-refractivity contribution in [2.45, 2.75) is 38.0 Å². The van der Waals surface area contributed by atoms with Crippen molar-refractivity contribution < 1.29 is 18.0 Å². The van der Waals surface area contributed by atoms with E-state index in [4.69, 9.17) is 0 Å². The van der Waals surface area contributed by atoms with Gasteiger partial charge in [-0.1, -0.05) is 46.3 Å². The van der Waals surface area contributed by atoms with Gasteiger partial charge in [-0.05, 0) is 36.2 Å². The number of amides is 1. The molecule has 3 nitrogen and oxygen atoms in total. The third-order valence-electron chi connectivity index (χ3n) is 4.26. The van der Waals surface area contributed by atoms with Crippen molar-refractivity contribution in [2.75, 3.05) is 0 Å². The first-order chi connectivity index (χ1) is 11.1. The second-order valence-electron chi connectivity index (χ2n) is 6.52. The SMILES string of the molecule is CC1(C)CC(=O)NN1[C@@H](c1cccc2c(Br)cccc12)C(F)(F)F. The average molecular weight is 401 g/mol. The zero-order valence-corrected chi connectivity index (χ0v) is 14.7. The summed E-state index contributed by atoms with van der Waals surface area (Å²) in [4.78, 5) is 11.7. The van der Waals surface area contributed by atoms with Gasteiger partial charge in [-0.25, -0.2) is 0 Å². The molecule has 7 heteroatoms. The van der Waals surface area contributed by atoms with E-state index in [0.717, 1.165) is 9.48 Å². The molecule has 24 heavy (non-hydrogen) atoms. The fourth-order valence-corrected chi connectivity index (χ4v) is 3.71. The lowest BCUT2D eigenvalue weighted by atomic mass is 9.94. The van der Waals surface area contributed by atoms with E-state index in [1.165, 1.54) is 6.07 Å². The van der Waals surface area contributed by atoms with Crippen LogP contribution in [-0.2, 0) is 4.79 Å². The number of hydrazine groups is 1. The number of nitrogens with zero attached hydrogens (tertiary/aromatic N) is 1. The molecule has 1 saturated heterocycles. The molecule has 0 bridgehead atoms. The summed E-state index contributed by atoms with van der Waals surface area (Å²) in [6, 6.07) is 8.08. The summed E-state index contributed by atoms with van der Waals surface area (Å²) >= 11 is 3.38. The van der Waals surface area contributed by atoms with E-state index in [1.807, 2.05) is 0 Å². The number of halogens is 4. The van der Waals surface area contributed by atoms with E-state index in [1.54, 1.807) is 44.2 Å². The van der Waals surface area contributed by atoms with Crippen molar-refractivity contribution in [1.29, 1.82) is 0 Å². The first kappa shape index (κ1) is 17.2. The standard InChI is InChI=1S/C17H16BrF3N2O/c1-16(2)9-14(24)22-23(16)15(17(19,20)21)12-7-3-6-11-10(12)5-4-8-13(11)18/h3-8,15H,9H2,1-2H3,(H,22,24)/t15-/m0/s1. The Balaban J connectivity index is 2.22. The van der Waals surface area contributed by atoms with Gasteiger partial charge in [0.1, 0.15) is 0 Å². The molecule has 1 amide bonds. The zero-order chi connectivity index (χ0) is 17.7. The summed E-state index contributed by atoms with van der Waals surface area (Å²) < 4.78 is 42.6. The van der Waals surface area contributed by atoms with Gasteiger partial charge >= 0.3 is 6.18 Å². The predicted octanol–water partition coefficient (Wildman–Crippen LogP) is 4.72. The average Bonchev–Trinajstić information content (AvgIpc) is 2.71. The van der Waals surface area contributed by atoms with Crippen LogP contribution in [0.3, 0.4) is 0 Å². The Morgan fingerprint density at radius 2 is 1.79 bits per heavy atom. The number of fused-ring (bicyclic) bond motifs is 1.